The highest BCUT2D eigenvalue weighted by atomic mass is 16.6. The summed E-state index contributed by atoms with van der Waals surface area (Å²) in [5.41, 5.74) is -1.09. The van der Waals surface area contributed by atoms with E-state index < -0.39 is 23.4 Å². The van der Waals surface area contributed by atoms with Crippen LogP contribution in [0.4, 0.5) is 0 Å². The molecule has 1 aromatic heterocycles. The summed E-state index contributed by atoms with van der Waals surface area (Å²) in [5.74, 6) is -2.36. The summed E-state index contributed by atoms with van der Waals surface area (Å²) in [4.78, 5) is 49.5. The minimum absolute atomic E-state index is 0.0239. The van der Waals surface area contributed by atoms with E-state index >= 15 is 0 Å². The van der Waals surface area contributed by atoms with E-state index in [0.29, 0.717) is 12.8 Å². The number of benzene rings is 1. The van der Waals surface area contributed by atoms with Gasteiger partial charge in [0.1, 0.15) is 0 Å². The second kappa shape index (κ2) is 10.6. The number of carbonyl (C=O) groups excluding carboxylic acids is 4. The molecule has 0 bridgehead atoms. The van der Waals surface area contributed by atoms with Crippen molar-refractivity contribution < 1.29 is 28.7 Å². The van der Waals surface area contributed by atoms with Crippen LogP contribution < -0.4 is 5.32 Å². The minimum atomic E-state index is -1.92. The molecule has 0 spiro atoms. The van der Waals surface area contributed by atoms with Gasteiger partial charge in [-0.05, 0) is 45.2 Å². The van der Waals surface area contributed by atoms with E-state index in [2.05, 4.69) is 5.32 Å². The molecule has 2 rings (SSSR count). The summed E-state index contributed by atoms with van der Waals surface area (Å²) in [6.45, 7) is 4.55. The molecule has 0 aliphatic rings. The summed E-state index contributed by atoms with van der Waals surface area (Å²) < 4.78 is 11.7. The third kappa shape index (κ3) is 5.25. The first kappa shape index (κ1) is 23.1. The van der Waals surface area contributed by atoms with Gasteiger partial charge < -0.3 is 14.8 Å². The van der Waals surface area contributed by atoms with Crippen molar-refractivity contribution in [3.63, 3.8) is 0 Å². The molecule has 0 radical (unpaired) electrons. The van der Waals surface area contributed by atoms with Gasteiger partial charge in [0.15, 0.2) is 0 Å². The highest BCUT2D eigenvalue weighted by Gasteiger charge is 2.49. The Morgan fingerprint density at radius 3 is 2.20 bits per heavy atom. The number of unbranched alkanes of at least 4 members (excludes halogenated alkanes) is 1. The van der Waals surface area contributed by atoms with Gasteiger partial charge in [-0.25, -0.2) is 9.59 Å². The smallest absolute Gasteiger partial charge is 0.343 e. The first-order valence-corrected chi connectivity index (χ1v) is 10.1. The van der Waals surface area contributed by atoms with Crippen molar-refractivity contribution in [3.8, 4) is 0 Å². The molecule has 0 saturated heterocycles. The Hall–Kier alpha value is -3.16. The Labute approximate surface area is 175 Å². The van der Waals surface area contributed by atoms with Crippen LogP contribution in [0.5, 0.6) is 0 Å². The molecule has 0 aliphatic heterocycles. The SMILES string of the molecule is CCOC(=O)C(CCCCC(=O)n1ccc2ccccc21)(NC(C)=O)C(=O)OCC. The lowest BCUT2D eigenvalue weighted by Crippen LogP contribution is -2.61. The maximum absolute atomic E-state index is 12.6. The van der Waals surface area contributed by atoms with E-state index in [4.69, 9.17) is 9.47 Å². The maximum Gasteiger partial charge on any atom is 0.343 e. The summed E-state index contributed by atoms with van der Waals surface area (Å²) in [6.07, 6.45) is 2.69. The van der Waals surface area contributed by atoms with E-state index in [1.165, 1.54) is 6.92 Å². The topological polar surface area (TPSA) is 104 Å². The number of hydrogen-bond donors (Lipinski definition) is 1. The number of esters is 2. The van der Waals surface area contributed by atoms with Crippen molar-refractivity contribution in [2.75, 3.05) is 13.2 Å². The fourth-order valence-corrected chi connectivity index (χ4v) is 3.35. The van der Waals surface area contributed by atoms with Crippen molar-refractivity contribution in [1.29, 1.82) is 0 Å². The van der Waals surface area contributed by atoms with Gasteiger partial charge >= 0.3 is 11.9 Å². The molecule has 0 aliphatic carbocycles. The van der Waals surface area contributed by atoms with Crippen LogP contribution in [-0.4, -0.2) is 47.1 Å². The second-order valence-corrected chi connectivity index (χ2v) is 6.87. The fraction of sp³-hybridized carbons (Fsp3) is 0.455. The van der Waals surface area contributed by atoms with Gasteiger partial charge in [0, 0.05) is 24.9 Å². The molecule has 0 unspecified atom stereocenters. The lowest BCUT2D eigenvalue weighted by molar-refractivity contribution is -0.168. The van der Waals surface area contributed by atoms with Crippen LogP contribution in [0.1, 0.15) is 51.2 Å². The number of ether oxygens (including phenoxy) is 2. The number of carbonyl (C=O) groups is 4. The largest absolute Gasteiger partial charge is 0.464 e. The highest BCUT2D eigenvalue weighted by molar-refractivity contribution is 6.07. The molecule has 162 valence electrons. The van der Waals surface area contributed by atoms with Crippen LogP contribution in [0.25, 0.3) is 10.9 Å². The lowest BCUT2D eigenvalue weighted by Gasteiger charge is -2.29. The Morgan fingerprint density at radius 2 is 1.60 bits per heavy atom. The number of amides is 1. The predicted octanol–water partition coefficient (Wildman–Crippen LogP) is 2.84. The number of hydrogen-bond acceptors (Lipinski definition) is 6. The molecular weight excluding hydrogens is 388 g/mol. The lowest BCUT2D eigenvalue weighted by atomic mass is 9.91. The van der Waals surface area contributed by atoms with Gasteiger partial charge in [0.05, 0.1) is 18.7 Å². The maximum atomic E-state index is 12.6. The fourth-order valence-electron chi connectivity index (χ4n) is 3.35. The van der Waals surface area contributed by atoms with Crippen molar-refractivity contribution in [2.24, 2.45) is 0 Å². The molecule has 8 nitrogen and oxygen atoms in total. The first-order chi connectivity index (χ1) is 14.4. The number of fused-ring (bicyclic) bond motifs is 1. The third-order valence-electron chi connectivity index (χ3n) is 4.70. The number of para-hydroxylation sites is 1. The van der Waals surface area contributed by atoms with Crippen LogP contribution in [0, 0.1) is 0 Å². The number of aromatic nitrogens is 1. The van der Waals surface area contributed by atoms with E-state index in [0.717, 1.165) is 10.9 Å². The Balaban J connectivity index is 2.08. The third-order valence-corrected chi connectivity index (χ3v) is 4.70. The van der Waals surface area contributed by atoms with Gasteiger partial charge in [-0.15, -0.1) is 0 Å². The molecule has 1 aromatic carbocycles. The van der Waals surface area contributed by atoms with Crippen LogP contribution in [0.2, 0.25) is 0 Å². The van der Waals surface area contributed by atoms with E-state index in [-0.39, 0.29) is 32.0 Å². The molecular formula is C22H28N2O6. The average molecular weight is 416 g/mol. The summed E-state index contributed by atoms with van der Waals surface area (Å²) in [5, 5.41) is 3.40. The van der Waals surface area contributed by atoms with E-state index in [9.17, 15) is 19.2 Å². The number of nitrogens with zero attached hydrogens (tertiary/aromatic N) is 1. The normalized spacial score (nSPS) is 11.2. The average Bonchev–Trinajstić information content (AvgIpc) is 3.14. The van der Waals surface area contributed by atoms with Crippen LogP contribution in [0.3, 0.4) is 0 Å². The predicted molar refractivity (Wildman–Crippen MR) is 111 cm³/mol. The van der Waals surface area contributed by atoms with Gasteiger partial charge in [0.2, 0.25) is 17.4 Å². The Morgan fingerprint density at radius 1 is 0.967 bits per heavy atom. The van der Waals surface area contributed by atoms with E-state index in [1.54, 1.807) is 24.6 Å². The standard InChI is InChI=1S/C22H28N2O6/c1-4-29-20(27)22(23-16(3)25,21(28)30-5-2)14-9-8-12-19(26)24-15-13-17-10-6-7-11-18(17)24/h6-7,10-11,13,15H,4-5,8-9,12,14H2,1-3H3,(H,23,25). The molecule has 1 heterocycles. The van der Waals surface area contributed by atoms with Gasteiger partial charge in [-0.3, -0.25) is 14.2 Å². The molecule has 0 fully saturated rings. The van der Waals surface area contributed by atoms with Gasteiger partial charge in [-0.2, -0.15) is 0 Å². The Bertz CT molecular complexity index is 899. The molecule has 2 aromatic rings. The van der Waals surface area contributed by atoms with Crippen molar-refractivity contribution >= 4 is 34.7 Å². The molecule has 0 atom stereocenters. The monoisotopic (exact) mass is 416 g/mol. The van der Waals surface area contributed by atoms with Gasteiger partial charge in [-0.1, -0.05) is 18.2 Å². The molecule has 1 amide bonds. The minimum Gasteiger partial charge on any atom is -0.464 e. The quantitative estimate of drug-likeness (QED) is 0.363. The summed E-state index contributed by atoms with van der Waals surface area (Å²) in [7, 11) is 0. The molecule has 1 N–H and O–H groups in total. The zero-order valence-corrected chi connectivity index (χ0v) is 17.6. The molecule has 8 heteroatoms. The summed E-state index contributed by atoms with van der Waals surface area (Å²) >= 11 is 0. The van der Waals surface area contributed by atoms with Crippen molar-refractivity contribution in [2.45, 2.75) is 52.0 Å². The Kier molecular flexibility index (Phi) is 8.15. The van der Waals surface area contributed by atoms with Crippen LogP contribution in [0.15, 0.2) is 36.5 Å². The van der Waals surface area contributed by atoms with E-state index in [1.807, 2.05) is 30.3 Å². The zero-order chi connectivity index (χ0) is 22.1. The number of nitrogens with one attached hydrogen (secondary N) is 1. The highest BCUT2D eigenvalue weighted by Crippen LogP contribution is 2.21. The number of rotatable bonds is 10. The summed E-state index contributed by atoms with van der Waals surface area (Å²) in [6, 6.07) is 9.45. The van der Waals surface area contributed by atoms with Crippen molar-refractivity contribution in [1.82, 2.24) is 9.88 Å². The van der Waals surface area contributed by atoms with Gasteiger partial charge in [0.25, 0.3) is 0 Å². The second-order valence-electron chi connectivity index (χ2n) is 6.87. The molecule has 30 heavy (non-hydrogen) atoms. The first-order valence-electron chi connectivity index (χ1n) is 10.1. The molecule has 0 saturated carbocycles. The van der Waals surface area contributed by atoms with Crippen LogP contribution in [-0.2, 0) is 23.9 Å². The zero-order valence-electron chi connectivity index (χ0n) is 17.6. The van der Waals surface area contributed by atoms with Crippen molar-refractivity contribution in [3.05, 3.63) is 36.5 Å². The van der Waals surface area contributed by atoms with Crippen LogP contribution >= 0.6 is 0 Å².